The zero-order valence-electron chi connectivity index (χ0n) is 10.4. The van der Waals surface area contributed by atoms with Crippen molar-refractivity contribution in [3.63, 3.8) is 0 Å². The van der Waals surface area contributed by atoms with Crippen molar-refractivity contribution in [1.82, 2.24) is 0 Å². The number of carbonyl (C=O) groups is 1. The second kappa shape index (κ2) is 4.97. The van der Waals surface area contributed by atoms with Gasteiger partial charge < -0.3 is 14.2 Å². The highest BCUT2D eigenvalue weighted by atomic mass is 16.7. The van der Waals surface area contributed by atoms with Gasteiger partial charge in [-0.3, -0.25) is 0 Å². The van der Waals surface area contributed by atoms with Gasteiger partial charge in [0.1, 0.15) is 6.10 Å². The van der Waals surface area contributed by atoms with Crippen molar-refractivity contribution in [3.05, 3.63) is 12.2 Å². The van der Waals surface area contributed by atoms with Gasteiger partial charge in [0.15, 0.2) is 0 Å². The Morgan fingerprint density at radius 2 is 2.12 bits per heavy atom. The Kier molecular flexibility index (Phi) is 4.10. The van der Waals surface area contributed by atoms with Crippen molar-refractivity contribution >= 4 is 5.97 Å². The molecule has 2 unspecified atom stereocenters. The van der Waals surface area contributed by atoms with Gasteiger partial charge in [-0.15, -0.1) is 0 Å². The number of hydrogen-bond donors (Lipinski definition) is 0. The highest BCUT2D eigenvalue weighted by Crippen LogP contribution is 2.25. The molecule has 4 nitrogen and oxygen atoms in total. The van der Waals surface area contributed by atoms with Gasteiger partial charge in [0.2, 0.25) is 6.29 Å². The van der Waals surface area contributed by atoms with Crippen LogP contribution < -0.4 is 0 Å². The summed E-state index contributed by atoms with van der Waals surface area (Å²) in [6.07, 6.45) is -0.408. The molecule has 1 aliphatic rings. The van der Waals surface area contributed by atoms with Crippen LogP contribution in [0.25, 0.3) is 0 Å². The number of rotatable bonds is 5. The minimum Gasteiger partial charge on any atom is -0.432 e. The van der Waals surface area contributed by atoms with Crippen LogP contribution >= 0.6 is 0 Å². The van der Waals surface area contributed by atoms with Crippen LogP contribution in [0, 0.1) is 5.41 Å². The van der Waals surface area contributed by atoms with Crippen molar-refractivity contribution < 1.29 is 19.0 Å². The minimum atomic E-state index is -0.569. The van der Waals surface area contributed by atoms with Crippen molar-refractivity contribution in [3.8, 4) is 0 Å². The highest BCUT2D eigenvalue weighted by molar-refractivity contribution is 5.87. The van der Waals surface area contributed by atoms with E-state index in [0.717, 1.165) is 6.61 Å². The van der Waals surface area contributed by atoms with Crippen LogP contribution in [-0.4, -0.2) is 31.6 Å². The zero-order chi connectivity index (χ0) is 12.3. The smallest absolute Gasteiger partial charge is 0.335 e. The Morgan fingerprint density at radius 1 is 1.56 bits per heavy atom. The number of epoxide rings is 1. The fraction of sp³-hybridized carbons (Fsp3) is 0.750. The molecule has 0 aromatic carbocycles. The summed E-state index contributed by atoms with van der Waals surface area (Å²) in [4.78, 5) is 11.4. The average molecular weight is 228 g/mol. The average Bonchev–Trinajstić information content (AvgIpc) is 2.92. The standard InChI is InChI=1S/C12H20O4/c1-8(2)10(13)16-11(12(3,4)5)15-7-9-6-14-9/h9,11H,1,6-7H2,2-5H3. The molecule has 0 aromatic heterocycles. The van der Waals surface area contributed by atoms with E-state index < -0.39 is 12.3 Å². The molecule has 2 atom stereocenters. The Bertz CT molecular complexity index is 273. The maximum atomic E-state index is 11.4. The Balaban J connectivity index is 2.48. The predicted octanol–water partition coefficient (Wildman–Crippen LogP) is 1.89. The molecule has 0 N–H and O–H groups in total. The molecule has 1 heterocycles. The third-order valence-corrected chi connectivity index (χ3v) is 2.11. The van der Waals surface area contributed by atoms with Crippen molar-refractivity contribution in [2.24, 2.45) is 5.41 Å². The summed E-state index contributed by atoms with van der Waals surface area (Å²) >= 11 is 0. The molecule has 1 aliphatic heterocycles. The van der Waals surface area contributed by atoms with E-state index in [0.29, 0.717) is 12.2 Å². The Hall–Kier alpha value is -0.870. The first-order valence-corrected chi connectivity index (χ1v) is 5.40. The lowest BCUT2D eigenvalue weighted by molar-refractivity contribution is -0.201. The molecule has 0 bridgehead atoms. The van der Waals surface area contributed by atoms with Gasteiger partial charge in [-0.2, -0.15) is 0 Å². The topological polar surface area (TPSA) is 48.1 Å². The lowest BCUT2D eigenvalue weighted by Gasteiger charge is -2.29. The van der Waals surface area contributed by atoms with Crippen molar-refractivity contribution in [2.45, 2.75) is 40.1 Å². The van der Waals surface area contributed by atoms with Crippen LogP contribution in [0.2, 0.25) is 0 Å². The van der Waals surface area contributed by atoms with Gasteiger partial charge in [0.05, 0.1) is 13.2 Å². The van der Waals surface area contributed by atoms with E-state index in [1.807, 2.05) is 20.8 Å². The maximum Gasteiger partial charge on any atom is 0.335 e. The van der Waals surface area contributed by atoms with Gasteiger partial charge in [0.25, 0.3) is 0 Å². The molecule has 4 heteroatoms. The zero-order valence-corrected chi connectivity index (χ0v) is 10.4. The third kappa shape index (κ3) is 4.33. The van der Waals surface area contributed by atoms with Crippen molar-refractivity contribution in [2.75, 3.05) is 13.2 Å². The first-order valence-electron chi connectivity index (χ1n) is 5.40. The lowest BCUT2D eigenvalue weighted by Crippen LogP contribution is -2.35. The summed E-state index contributed by atoms with van der Waals surface area (Å²) < 4.78 is 15.8. The Morgan fingerprint density at radius 3 is 2.50 bits per heavy atom. The van der Waals surface area contributed by atoms with Crippen LogP contribution in [0.3, 0.4) is 0 Å². The van der Waals surface area contributed by atoms with Gasteiger partial charge in [-0.1, -0.05) is 27.4 Å². The van der Waals surface area contributed by atoms with E-state index in [1.165, 1.54) is 0 Å². The second-order valence-corrected chi connectivity index (χ2v) is 5.17. The summed E-state index contributed by atoms with van der Waals surface area (Å²) in [6, 6.07) is 0. The number of hydrogen-bond acceptors (Lipinski definition) is 4. The second-order valence-electron chi connectivity index (χ2n) is 5.17. The summed E-state index contributed by atoms with van der Waals surface area (Å²) in [7, 11) is 0. The van der Waals surface area contributed by atoms with Gasteiger partial charge in [-0.05, 0) is 6.92 Å². The molecule has 1 rings (SSSR count). The number of carbonyl (C=O) groups excluding carboxylic acids is 1. The molecule has 0 spiro atoms. The van der Waals surface area contributed by atoms with Crippen LogP contribution in [0.1, 0.15) is 27.7 Å². The summed E-state index contributed by atoms with van der Waals surface area (Å²) in [5.41, 5.74) is 0.112. The fourth-order valence-corrected chi connectivity index (χ4v) is 1.02. The molecule has 1 saturated heterocycles. The van der Waals surface area contributed by atoms with Crippen LogP contribution in [0.4, 0.5) is 0 Å². The van der Waals surface area contributed by atoms with Crippen LogP contribution in [0.5, 0.6) is 0 Å². The molecule has 0 saturated carbocycles. The highest BCUT2D eigenvalue weighted by Gasteiger charge is 2.32. The molecule has 92 valence electrons. The minimum absolute atomic E-state index is 0.161. The quantitative estimate of drug-likeness (QED) is 0.312. The summed E-state index contributed by atoms with van der Waals surface area (Å²) in [5.74, 6) is -0.420. The Labute approximate surface area is 96.6 Å². The normalized spacial score (nSPS) is 21.4. The van der Waals surface area contributed by atoms with E-state index in [1.54, 1.807) is 6.92 Å². The first-order chi connectivity index (χ1) is 7.30. The molecule has 0 aromatic rings. The maximum absolute atomic E-state index is 11.4. The largest absolute Gasteiger partial charge is 0.432 e. The molecule has 0 amide bonds. The van der Waals surface area contributed by atoms with E-state index in [4.69, 9.17) is 14.2 Å². The van der Waals surface area contributed by atoms with Gasteiger partial charge in [-0.25, -0.2) is 4.79 Å². The first kappa shape index (κ1) is 13.2. The predicted molar refractivity (Wildman–Crippen MR) is 59.8 cm³/mol. The molecule has 0 radical (unpaired) electrons. The molecule has 0 aliphatic carbocycles. The van der Waals surface area contributed by atoms with Crippen LogP contribution in [-0.2, 0) is 19.0 Å². The SMILES string of the molecule is C=C(C)C(=O)OC(OCC1CO1)C(C)(C)C. The molecule has 1 fully saturated rings. The van der Waals surface area contributed by atoms with Crippen LogP contribution in [0.15, 0.2) is 12.2 Å². The number of ether oxygens (including phenoxy) is 3. The lowest BCUT2D eigenvalue weighted by atomic mass is 9.96. The van der Waals surface area contributed by atoms with E-state index in [9.17, 15) is 4.79 Å². The summed E-state index contributed by atoms with van der Waals surface area (Å²) in [6.45, 7) is 12.2. The fourth-order valence-electron chi connectivity index (χ4n) is 1.02. The monoisotopic (exact) mass is 228 g/mol. The van der Waals surface area contributed by atoms with E-state index in [2.05, 4.69) is 6.58 Å². The number of esters is 1. The summed E-state index contributed by atoms with van der Waals surface area (Å²) in [5, 5.41) is 0. The third-order valence-electron chi connectivity index (χ3n) is 2.11. The van der Waals surface area contributed by atoms with Crippen molar-refractivity contribution in [1.29, 1.82) is 0 Å². The van der Waals surface area contributed by atoms with E-state index in [-0.39, 0.29) is 11.5 Å². The van der Waals surface area contributed by atoms with E-state index >= 15 is 0 Å². The molecular weight excluding hydrogens is 208 g/mol. The van der Waals surface area contributed by atoms with Gasteiger partial charge in [0, 0.05) is 11.0 Å². The molecule has 16 heavy (non-hydrogen) atoms. The molecular formula is C12H20O4. The van der Waals surface area contributed by atoms with Gasteiger partial charge >= 0.3 is 5.97 Å².